The van der Waals surface area contributed by atoms with Crippen LogP contribution in [0, 0.1) is 5.41 Å². The van der Waals surface area contributed by atoms with Crippen molar-refractivity contribution in [2.45, 2.75) is 45.6 Å². The summed E-state index contributed by atoms with van der Waals surface area (Å²) in [5, 5.41) is 3.56. The van der Waals surface area contributed by atoms with Gasteiger partial charge in [0.25, 0.3) is 0 Å². The van der Waals surface area contributed by atoms with Crippen molar-refractivity contribution in [3.63, 3.8) is 0 Å². The molecule has 1 atom stereocenters. The van der Waals surface area contributed by atoms with Crippen LogP contribution in [0.3, 0.4) is 0 Å². The van der Waals surface area contributed by atoms with Crippen molar-refractivity contribution in [3.05, 3.63) is 0 Å². The number of hydrogen-bond acceptors (Lipinski definition) is 2. The third-order valence-corrected chi connectivity index (χ3v) is 3.74. The largest absolute Gasteiger partial charge is 0.315 e. The normalized spacial score (nSPS) is 34.3. The van der Waals surface area contributed by atoms with E-state index in [1.807, 2.05) is 0 Å². The first-order valence-corrected chi connectivity index (χ1v) is 6.12. The lowest BCUT2D eigenvalue weighted by molar-refractivity contribution is 0.207. The van der Waals surface area contributed by atoms with Crippen LogP contribution in [0.5, 0.6) is 0 Å². The molecule has 0 aliphatic carbocycles. The van der Waals surface area contributed by atoms with E-state index < -0.39 is 0 Å². The van der Waals surface area contributed by atoms with Gasteiger partial charge in [-0.05, 0) is 37.8 Å². The summed E-state index contributed by atoms with van der Waals surface area (Å²) in [6.45, 7) is 9.87. The van der Waals surface area contributed by atoms with Crippen LogP contribution < -0.4 is 5.32 Å². The number of likely N-dealkylation sites (tertiary alicyclic amines) is 1. The third-order valence-electron chi connectivity index (χ3n) is 3.74. The fourth-order valence-corrected chi connectivity index (χ4v) is 2.78. The smallest absolute Gasteiger partial charge is 0.0220 e. The molecule has 2 aliphatic heterocycles. The third kappa shape index (κ3) is 2.48. The summed E-state index contributed by atoms with van der Waals surface area (Å²) in [5.74, 6) is 0. The second-order valence-corrected chi connectivity index (χ2v) is 5.74. The first-order valence-electron chi connectivity index (χ1n) is 6.12. The molecule has 1 unspecified atom stereocenters. The molecule has 0 spiro atoms. The molecular formula is C12H24N2. The van der Waals surface area contributed by atoms with E-state index in [2.05, 4.69) is 24.1 Å². The summed E-state index contributed by atoms with van der Waals surface area (Å²) in [4.78, 5) is 2.71. The Morgan fingerprint density at radius 1 is 1.29 bits per heavy atom. The Labute approximate surface area is 88.1 Å². The molecule has 0 radical (unpaired) electrons. The Morgan fingerprint density at radius 2 is 2.14 bits per heavy atom. The summed E-state index contributed by atoms with van der Waals surface area (Å²) in [5.41, 5.74) is 0.562. The molecule has 0 bridgehead atoms. The lowest BCUT2D eigenvalue weighted by Gasteiger charge is -2.28. The van der Waals surface area contributed by atoms with E-state index >= 15 is 0 Å². The maximum absolute atomic E-state index is 3.56. The van der Waals surface area contributed by atoms with E-state index in [9.17, 15) is 0 Å². The van der Waals surface area contributed by atoms with Gasteiger partial charge in [-0.15, -0.1) is 0 Å². The van der Waals surface area contributed by atoms with Crippen molar-refractivity contribution >= 4 is 0 Å². The van der Waals surface area contributed by atoms with E-state index in [1.54, 1.807) is 0 Å². The predicted molar refractivity (Wildman–Crippen MR) is 60.5 cm³/mol. The minimum atomic E-state index is 0.562. The molecule has 2 saturated heterocycles. The van der Waals surface area contributed by atoms with Gasteiger partial charge in [-0.3, -0.25) is 4.90 Å². The highest BCUT2D eigenvalue weighted by Gasteiger charge is 2.33. The van der Waals surface area contributed by atoms with Crippen molar-refractivity contribution in [1.82, 2.24) is 10.2 Å². The first kappa shape index (κ1) is 10.4. The molecule has 2 heterocycles. The van der Waals surface area contributed by atoms with Crippen molar-refractivity contribution in [1.29, 1.82) is 0 Å². The maximum atomic E-state index is 3.56. The van der Waals surface area contributed by atoms with Crippen molar-refractivity contribution < 1.29 is 0 Å². The Kier molecular flexibility index (Phi) is 3.13. The zero-order valence-corrected chi connectivity index (χ0v) is 9.68. The minimum Gasteiger partial charge on any atom is -0.315 e. The molecule has 2 fully saturated rings. The summed E-state index contributed by atoms with van der Waals surface area (Å²) < 4.78 is 0. The predicted octanol–water partition coefficient (Wildman–Crippen LogP) is 1.86. The summed E-state index contributed by atoms with van der Waals surface area (Å²) in [6, 6.07) is 0.819. The van der Waals surface area contributed by atoms with Gasteiger partial charge >= 0.3 is 0 Å². The second kappa shape index (κ2) is 4.19. The molecule has 0 amide bonds. The molecule has 2 rings (SSSR count). The van der Waals surface area contributed by atoms with E-state index in [1.165, 1.54) is 51.9 Å². The molecular weight excluding hydrogens is 172 g/mol. The van der Waals surface area contributed by atoms with E-state index in [4.69, 9.17) is 0 Å². The van der Waals surface area contributed by atoms with Gasteiger partial charge in [0, 0.05) is 19.1 Å². The van der Waals surface area contributed by atoms with Crippen molar-refractivity contribution in [2.24, 2.45) is 5.41 Å². The van der Waals surface area contributed by atoms with Crippen molar-refractivity contribution in [3.8, 4) is 0 Å². The zero-order valence-electron chi connectivity index (χ0n) is 9.68. The van der Waals surface area contributed by atoms with Crippen LogP contribution in [0.2, 0.25) is 0 Å². The fraction of sp³-hybridized carbons (Fsp3) is 1.00. The molecule has 14 heavy (non-hydrogen) atoms. The van der Waals surface area contributed by atoms with Crippen LogP contribution in [-0.4, -0.2) is 37.1 Å². The molecule has 2 aliphatic rings. The Bertz CT molecular complexity index is 178. The van der Waals surface area contributed by atoms with Crippen LogP contribution >= 0.6 is 0 Å². The molecule has 0 saturated carbocycles. The number of hydrogen-bond donors (Lipinski definition) is 1. The quantitative estimate of drug-likeness (QED) is 0.688. The molecule has 82 valence electrons. The van der Waals surface area contributed by atoms with E-state index in [0.29, 0.717) is 5.41 Å². The highest BCUT2D eigenvalue weighted by atomic mass is 15.2. The summed E-state index contributed by atoms with van der Waals surface area (Å²) >= 11 is 0. The Hall–Kier alpha value is -0.0800. The van der Waals surface area contributed by atoms with Crippen LogP contribution in [-0.2, 0) is 0 Å². The number of nitrogens with one attached hydrogen (secondary N) is 1. The molecule has 0 aromatic rings. The standard InChI is InChI=1S/C12H24N2/c1-12(2)6-8-14(10-12)11-5-3-4-7-13-9-11/h11,13H,3-10H2,1-2H3. The van der Waals surface area contributed by atoms with Gasteiger partial charge in [-0.1, -0.05) is 20.3 Å². The summed E-state index contributed by atoms with van der Waals surface area (Å²) in [7, 11) is 0. The maximum Gasteiger partial charge on any atom is 0.0220 e. The van der Waals surface area contributed by atoms with E-state index in [0.717, 1.165) is 6.04 Å². The van der Waals surface area contributed by atoms with Crippen LogP contribution in [0.1, 0.15) is 39.5 Å². The minimum absolute atomic E-state index is 0.562. The Morgan fingerprint density at radius 3 is 2.86 bits per heavy atom. The second-order valence-electron chi connectivity index (χ2n) is 5.74. The molecule has 0 aromatic carbocycles. The number of nitrogens with zero attached hydrogens (tertiary/aromatic N) is 1. The van der Waals surface area contributed by atoms with Crippen molar-refractivity contribution in [2.75, 3.05) is 26.2 Å². The van der Waals surface area contributed by atoms with Gasteiger partial charge < -0.3 is 5.32 Å². The molecule has 2 nitrogen and oxygen atoms in total. The highest BCUT2D eigenvalue weighted by Crippen LogP contribution is 2.31. The lowest BCUT2D eigenvalue weighted by Crippen LogP contribution is -2.40. The van der Waals surface area contributed by atoms with Crippen LogP contribution in [0.4, 0.5) is 0 Å². The SMILES string of the molecule is CC1(C)CCN(C2CCCCNC2)C1. The van der Waals surface area contributed by atoms with Gasteiger partial charge in [-0.25, -0.2) is 0 Å². The first-order chi connectivity index (χ1) is 6.67. The average Bonchev–Trinajstić information content (AvgIpc) is 2.42. The van der Waals surface area contributed by atoms with Gasteiger partial charge in [0.15, 0.2) is 0 Å². The fourth-order valence-electron chi connectivity index (χ4n) is 2.78. The molecule has 1 N–H and O–H groups in total. The molecule has 0 aromatic heterocycles. The topological polar surface area (TPSA) is 15.3 Å². The van der Waals surface area contributed by atoms with Crippen LogP contribution in [0.25, 0.3) is 0 Å². The lowest BCUT2D eigenvalue weighted by atomic mass is 9.93. The van der Waals surface area contributed by atoms with Gasteiger partial charge in [0.05, 0.1) is 0 Å². The average molecular weight is 196 g/mol. The number of rotatable bonds is 1. The summed E-state index contributed by atoms with van der Waals surface area (Å²) in [6.07, 6.45) is 5.56. The van der Waals surface area contributed by atoms with Crippen LogP contribution in [0.15, 0.2) is 0 Å². The van der Waals surface area contributed by atoms with E-state index in [-0.39, 0.29) is 0 Å². The van der Waals surface area contributed by atoms with Gasteiger partial charge in [0.1, 0.15) is 0 Å². The van der Waals surface area contributed by atoms with Gasteiger partial charge in [-0.2, -0.15) is 0 Å². The zero-order chi connectivity index (χ0) is 10.0. The Balaban J connectivity index is 1.88. The monoisotopic (exact) mass is 196 g/mol. The van der Waals surface area contributed by atoms with Gasteiger partial charge in [0.2, 0.25) is 0 Å². The highest BCUT2D eigenvalue weighted by molar-refractivity contribution is 4.88. The molecule has 2 heteroatoms.